The van der Waals surface area contributed by atoms with E-state index in [1.807, 2.05) is 20.8 Å². The van der Waals surface area contributed by atoms with Crippen molar-refractivity contribution in [2.75, 3.05) is 14.2 Å². The Hall–Kier alpha value is -0.410. The first-order chi connectivity index (χ1) is 6.41. The first-order valence-corrected chi connectivity index (χ1v) is 5.00. The van der Waals surface area contributed by atoms with Crippen LogP contribution in [0.2, 0.25) is 0 Å². The Morgan fingerprint density at radius 1 is 1.21 bits per heavy atom. The predicted molar refractivity (Wildman–Crippen MR) is 56.1 cm³/mol. The van der Waals surface area contributed by atoms with Crippen LogP contribution in [0.1, 0.15) is 40.0 Å². The number of ether oxygens (including phenoxy) is 2. The van der Waals surface area contributed by atoms with Crippen molar-refractivity contribution in [2.24, 2.45) is 5.41 Å². The van der Waals surface area contributed by atoms with Gasteiger partial charge in [-0.25, -0.2) is 0 Å². The molecule has 0 unspecified atom stereocenters. The molecule has 14 heavy (non-hydrogen) atoms. The van der Waals surface area contributed by atoms with Crippen LogP contribution in [-0.2, 0) is 14.3 Å². The average Bonchev–Trinajstić information content (AvgIpc) is 2.10. The monoisotopic (exact) mass is 202 g/mol. The van der Waals surface area contributed by atoms with E-state index in [0.717, 1.165) is 12.8 Å². The molecule has 0 atom stereocenters. The van der Waals surface area contributed by atoms with Gasteiger partial charge in [-0.3, -0.25) is 4.79 Å². The lowest BCUT2D eigenvalue weighted by atomic mass is 9.88. The Morgan fingerprint density at radius 2 is 1.71 bits per heavy atom. The molecule has 84 valence electrons. The van der Waals surface area contributed by atoms with E-state index < -0.39 is 0 Å². The van der Waals surface area contributed by atoms with Gasteiger partial charge in [0.1, 0.15) is 5.78 Å². The van der Waals surface area contributed by atoms with Crippen molar-refractivity contribution >= 4 is 5.78 Å². The van der Waals surface area contributed by atoms with Gasteiger partial charge in [0, 0.05) is 26.1 Å². The van der Waals surface area contributed by atoms with Crippen LogP contribution in [-0.4, -0.2) is 26.3 Å². The Balaban J connectivity index is 3.69. The molecule has 0 heterocycles. The summed E-state index contributed by atoms with van der Waals surface area (Å²) in [5.74, 6) is 0.295. The molecule has 0 amide bonds. The number of rotatable bonds is 6. The SMILES string of the molecule is COC(CCCC(=O)C(C)(C)C)OC. The minimum atomic E-state index is -0.227. The maximum absolute atomic E-state index is 11.5. The minimum Gasteiger partial charge on any atom is -0.356 e. The fraction of sp³-hybridized carbons (Fsp3) is 0.909. The molecule has 0 spiro atoms. The third-order valence-corrected chi connectivity index (χ3v) is 2.21. The molecule has 0 rings (SSSR count). The summed E-state index contributed by atoms with van der Waals surface area (Å²) in [5, 5.41) is 0. The summed E-state index contributed by atoms with van der Waals surface area (Å²) in [6, 6.07) is 0. The van der Waals surface area contributed by atoms with E-state index in [-0.39, 0.29) is 11.7 Å². The summed E-state index contributed by atoms with van der Waals surface area (Å²) in [6.07, 6.45) is 2.02. The number of ketones is 1. The standard InChI is InChI=1S/C11H22O3/c1-11(2,3)9(12)7-6-8-10(13-4)14-5/h10H,6-8H2,1-5H3. The molecule has 0 bridgehead atoms. The highest BCUT2D eigenvalue weighted by molar-refractivity contribution is 5.83. The molecule has 0 aromatic heterocycles. The molecular weight excluding hydrogens is 180 g/mol. The number of carbonyl (C=O) groups is 1. The lowest BCUT2D eigenvalue weighted by Gasteiger charge is -2.17. The van der Waals surface area contributed by atoms with E-state index in [4.69, 9.17) is 9.47 Å². The molecule has 3 heteroatoms. The predicted octanol–water partition coefficient (Wildman–Crippen LogP) is 2.39. The number of methoxy groups -OCH3 is 2. The van der Waals surface area contributed by atoms with Crippen LogP contribution < -0.4 is 0 Å². The van der Waals surface area contributed by atoms with Crippen molar-refractivity contribution < 1.29 is 14.3 Å². The van der Waals surface area contributed by atoms with Crippen molar-refractivity contribution in [1.29, 1.82) is 0 Å². The largest absolute Gasteiger partial charge is 0.356 e. The van der Waals surface area contributed by atoms with Gasteiger partial charge < -0.3 is 9.47 Å². The van der Waals surface area contributed by atoms with Gasteiger partial charge in [-0.1, -0.05) is 20.8 Å². The zero-order chi connectivity index (χ0) is 11.2. The fourth-order valence-corrected chi connectivity index (χ4v) is 1.14. The Kier molecular flexibility index (Phi) is 5.96. The van der Waals surface area contributed by atoms with Gasteiger partial charge in [0.05, 0.1) is 0 Å². The first-order valence-electron chi connectivity index (χ1n) is 5.00. The third-order valence-electron chi connectivity index (χ3n) is 2.21. The number of carbonyl (C=O) groups excluding carboxylic acids is 1. The van der Waals surface area contributed by atoms with Crippen LogP contribution in [0, 0.1) is 5.41 Å². The number of hydrogen-bond donors (Lipinski definition) is 0. The second-order valence-electron chi connectivity index (χ2n) is 4.47. The van der Waals surface area contributed by atoms with Crippen molar-refractivity contribution in [3.8, 4) is 0 Å². The molecule has 0 saturated carbocycles. The molecule has 0 aromatic carbocycles. The Morgan fingerprint density at radius 3 is 2.07 bits per heavy atom. The van der Waals surface area contributed by atoms with Gasteiger partial charge in [-0.05, 0) is 12.8 Å². The van der Waals surface area contributed by atoms with Crippen LogP contribution in [0.5, 0.6) is 0 Å². The van der Waals surface area contributed by atoms with E-state index in [0.29, 0.717) is 12.2 Å². The van der Waals surface area contributed by atoms with Gasteiger partial charge in [-0.15, -0.1) is 0 Å². The summed E-state index contributed by atoms with van der Waals surface area (Å²) in [6.45, 7) is 5.83. The Bertz CT molecular complexity index is 166. The lowest BCUT2D eigenvalue weighted by Crippen LogP contribution is -2.20. The molecule has 0 aliphatic heterocycles. The summed E-state index contributed by atoms with van der Waals surface area (Å²) in [7, 11) is 3.22. The molecule has 0 aliphatic rings. The van der Waals surface area contributed by atoms with E-state index in [1.165, 1.54) is 0 Å². The lowest BCUT2D eigenvalue weighted by molar-refractivity contribution is -0.128. The molecule has 3 nitrogen and oxygen atoms in total. The van der Waals surface area contributed by atoms with E-state index in [9.17, 15) is 4.79 Å². The molecule has 0 radical (unpaired) electrons. The molecule has 0 saturated heterocycles. The van der Waals surface area contributed by atoms with Crippen LogP contribution in [0.3, 0.4) is 0 Å². The minimum absolute atomic E-state index is 0.178. The second kappa shape index (κ2) is 6.14. The normalized spacial score (nSPS) is 12.1. The topological polar surface area (TPSA) is 35.5 Å². The van der Waals surface area contributed by atoms with Gasteiger partial charge in [0.15, 0.2) is 6.29 Å². The number of hydrogen-bond acceptors (Lipinski definition) is 3. The van der Waals surface area contributed by atoms with Crippen LogP contribution in [0.25, 0.3) is 0 Å². The molecular formula is C11H22O3. The maximum atomic E-state index is 11.5. The zero-order valence-electron chi connectivity index (χ0n) is 9.92. The summed E-state index contributed by atoms with van der Waals surface area (Å²) >= 11 is 0. The van der Waals surface area contributed by atoms with Gasteiger partial charge in [0.25, 0.3) is 0 Å². The summed E-state index contributed by atoms with van der Waals surface area (Å²) in [4.78, 5) is 11.5. The summed E-state index contributed by atoms with van der Waals surface area (Å²) in [5.41, 5.74) is -0.227. The van der Waals surface area contributed by atoms with Crippen LogP contribution in [0.15, 0.2) is 0 Å². The van der Waals surface area contributed by atoms with Crippen LogP contribution >= 0.6 is 0 Å². The number of Topliss-reactive ketones (excluding diaryl/α,β-unsaturated/α-hetero) is 1. The maximum Gasteiger partial charge on any atom is 0.156 e. The fourth-order valence-electron chi connectivity index (χ4n) is 1.14. The van der Waals surface area contributed by atoms with Crippen LogP contribution in [0.4, 0.5) is 0 Å². The highest BCUT2D eigenvalue weighted by Crippen LogP contribution is 2.18. The van der Waals surface area contributed by atoms with Gasteiger partial charge >= 0.3 is 0 Å². The third kappa shape index (κ3) is 5.35. The molecule has 0 fully saturated rings. The Labute approximate surface area is 86.8 Å². The quantitative estimate of drug-likeness (QED) is 0.620. The van der Waals surface area contributed by atoms with Gasteiger partial charge in [0.2, 0.25) is 0 Å². The van der Waals surface area contributed by atoms with Gasteiger partial charge in [-0.2, -0.15) is 0 Å². The van der Waals surface area contributed by atoms with E-state index in [2.05, 4.69) is 0 Å². The van der Waals surface area contributed by atoms with Crippen molar-refractivity contribution in [3.63, 3.8) is 0 Å². The summed E-state index contributed by atoms with van der Waals surface area (Å²) < 4.78 is 10.1. The zero-order valence-corrected chi connectivity index (χ0v) is 9.92. The van der Waals surface area contributed by atoms with Crippen molar-refractivity contribution in [2.45, 2.75) is 46.3 Å². The molecule has 0 aliphatic carbocycles. The van der Waals surface area contributed by atoms with Crippen molar-refractivity contribution in [1.82, 2.24) is 0 Å². The van der Waals surface area contributed by atoms with E-state index in [1.54, 1.807) is 14.2 Å². The van der Waals surface area contributed by atoms with E-state index >= 15 is 0 Å². The molecule has 0 aromatic rings. The second-order valence-corrected chi connectivity index (χ2v) is 4.47. The van der Waals surface area contributed by atoms with Crippen molar-refractivity contribution in [3.05, 3.63) is 0 Å². The first kappa shape index (κ1) is 13.6. The average molecular weight is 202 g/mol. The molecule has 0 N–H and O–H groups in total. The highest BCUT2D eigenvalue weighted by Gasteiger charge is 2.20. The smallest absolute Gasteiger partial charge is 0.156 e. The highest BCUT2D eigenvalue weighted by atomic mass is 16.7.